The Balaban J connectivity index is 4.34. The van der Waals surface area contributed by atoms with Crippen molar-refractivity contribution in [2.45, 2.75) is 19.3 Å². The molecule has 3 nitrogen and oxygen atoms in total. The summed E-state index contributed by atoms with van der Waals surface area (Å²) in [6.45, 7) is 1.53. The Morgan fingerprint density at radius 3 is 2.10 bits per heavy atom. The predicted octanol–water partition coefficient (Wildman–Crippen LogP) is 2.32. The molecule has 20 heavy (non-hydrogen) atoms. The SMILES string of the molecule is C=C/C(C)=C(/CNCC(=O)NCC(F)(F)F)C(F)(F)F. The van der Waals surface area contributed by atoms with E-state index in [9.17, 15) is 31.1 Å². The molecule has 0 aliphatic rings. The van der Waals surface area contributed by atoms with Crippen LogP contribution in [0.3, 0.4) is 0 Å². The van der Waals surface area contributed by atoms with Gasteiger partial charge in [0.25, 0.3) is 0 Å². The van der Waals surface area contributed by atoms with Crippen molar-refractivity contribution in [3.8, 4) is 0 Å². The van der Waals surface area contributed by atoms with Crippen LogP contribution in [0.15, 0.2) is 23.8 Å². The van der Waals surface area contributed by atoms with E-state index in [-0.39, 0.29) is 5.57 Å². The molecule has 0 fully saturated rings. The number of nitrogens with one attached hydrogen (secondary N) is 2. The molecule has 0 unspecified atom stereocenters. The fourth-order valence-electron chi connectivity index (χ4n) is 1.15. The summed E-state index contributed by atoms with van der Waals surface area (Å²) in [6.07, 6.45) is -8.16. The van der Waals surface area contributed by atoms with Crippen LogP contribution < -0.4 is 10.6 Å². The summed E-state index contributed by atoms with van der Waals surface area (Å²) in [4.78, 5) is 11.0. The maximum absolute atomic E-state index is 12.6. The first-order chi connectivity index (χ1) is 8.97. The van der Waals surface area contributed by atoms with Crippen LogP contribution in [0, 0.1) is 0 Å². The number of alkyl halides is 6. The molecule has 2 N–H and O–H groups in total. The van der Waals surface area contributed by atoms with Crippen LogP contribution in [0.1, 0.15) is 6.92 Å². The van der Waals surface area contributed by atoms with Crippen LogP contribution in [0.25, 0.3) is 0 Å². The van der Waals surface area contributed by atoms with Crippen molar-refractivity contribution in [3.05, 3.63) is 23.8 Å². The third-order valence-electron chi connectivity index (χ3n) is 2.20. The van der Waals surface area contributed by atoms with Crippen LogP contribution in [0.4, 0.5) is 26.3 Å². The van der Waals surface area contributed by atoms with Gasteiger partial charge in [-0.05, 0) is 12.5 Å². The minimum atomic E-state index is -4.60. The average Bonchev–Trinajstić information content (AvgIpc) is 2.28. The van der Waals surface area contributed by atoms with Crippen molar-refractivity contribution in [3.63, 3.8) is 0 Å². The normalized spacial score (nSPS) is 13.8. The lowest BCUT2D eigenvalue weighted by molar-refractivity contribution is -0.137. The van der Waals surface area contributed by atoms with Gasteiger partial charge in [-0.25, -0.2) is 0 Å². The maximum Gasteiger partial charge on any atom is 0.414 e. The van der Waals surface area contributed by atoms with Crippen molar-refractivity contribution in [1.82, 2.24) is 10.6 Å². The first-order valence-electron chi connectivity index (χ1n) is 5.41. The Morgan fingerprint density at radius 2 is 1.70 bits per heavy atom. The van der Waals surface area contributed by atoms with Gasteiger partial charge >= 0.3 is 12.4 Å². The van der Waals surface area contributed by atoms with E-state index in [2.05, 4.69) is 11.9 Å². The Hall–Kier alpha value is -1.51. The second-order valence-electron chi connectivity index (χ2n) is 3.86. The molecule has 0 radical (unpaired) electrons. The van der Waals surface area contributed by atoms with E-state index in [4.69, 9.17) is 0 Å². The van der Waals surface area contributed by atoms with Gasteiger partial charge in [0.2, 0.25) is 5.91 Å². The molecule has 9 heteroatoms. The lowest BCUT2D eigenvalue weighted by Crippen LogP contribution is -2.40. The Morgan fingerprint density at radius 1 is 1.15 bits per heavy atom. The molecule has 116 valence electrons. The summed E-state index contributed by atoms with van der Waals surface area (Å²) < 4.78 is 73.1. The van der Waals surface area contributed by atoms with E-state index in [1.165, 1.54) is 12.2 Å². The molecule has 0 bridgehead atoms. The number of hydrogen-bond donors (Lipinski definition) is 2. The topological polar surface area (TPSA) is 41.1 Å². The number of halogens is 6. The fourth-order valence-corrected chi connectivity index (χ4v) is 1.15. The largest absolute Gasteiger partial charge is 0.414 e. The fraction of sp³-hybridized carbons (Fsp3) is 0.545. The number of allylic oxidation sites excluding steroid dienone is 2. The van der Waals surface area contributed by atoms with Crippen molar-refractivity contribution in [1.29, 1.82) is 0 Å². The molecule has 0 atom stereocenters. The molecule has 0 aromatic carbocycles. The van der Waals surface area contributed by atoms with Crippen LogP contribution in [0.2, 0.25) is 0 Å². The van der Waals surface area contributed by atoms with E-state index in [0.717, 1.165) is 6.08 Å². The monoisotopic (exact) mass is 304 g/mol. The number of hydrogen-bond acceptors (Lipinski definition) is 2. The van der Waals surface area contributed by atoms with Gasteiger partial charge in [0.1, 0.15) is 6.54 Å². The zero-order valence-corrected chi connectivity index (χ0v) is 10.6. The van der Waals surface area contributed by atoms with Gasteiger partial charge in [-0.3, -0.25) is 4.79 Å². The highest BCUT2D eigenvalue weighted by atomic mass is 19.4. The molecular weight excluding hydrogens is 290 g/mol. The van der Waals surface area contributed by atoms with Gasteiger partial charge < -0.3 is 10.6 Å². The van der Waals surface area contributed by atoms with E-state index < -0.39 is 43.5 Å². The summed E-state index contributed by atoms with van der Waals surface area (Å²) >= 11 is 0. The lowest BCUT2D eigenvalue weighted by Gasteiger charge is -2.15. The molecule has 0 saturated heterocycles. The molecule has 1 amide bonds. The summed E-state index contributed by atoms with van der Waals surface area (Å²) in [5.41, 5.74) is -1.06. The Labute approximate surface area is 111 Å². The lowest BCUT2D eigenvalue weighted by atomic mass is 10.1. The van der Waals surface area contributed by atoms with Crippen LogP contribution >= 0.6 is 0 Å². The summed E-state index contributed by atoms with van der Waals surface area (Å²) in [6, 6.07) is 0. The van der Waals surface area contributed by atoms with Gasteiger partial charge in [-0.1, -0.05) is 12.7 Å². The molecule has 0 saturated carbocycles. The molecule has 0 heterocycles. The van der Waals surface area contributed by atoms with Crippen molar-refractivity contribution in [2.75, 3.05) is 19.6 Å². The first kappa shape index (κ1) is 18.5. The van der Waals surface area contributed by atoms with Gasteiger partial charge in [0.05, 0.1) is 6.54 Å². The number of amides is 1. The van der Waals surface area contributed by atoms with Crippen molar-refractivity contribution in [2.24, 2.45) is 0 Å². The minimum absolute atomic E-state index is 0.124. The minimum Gasteiger partial charge on any atom is -0.346 e. The summed E-state index contributed by atoms with van der Waals surface area (Å²) in [5.74, 6) is -1.04. The van der Waals surface area contributed by atoms with Crippen molar-refractivity contribution < 1.29 is 31.1 Å². The third kappa shape index (κ3) is 7.82. The maximum atomic E-state index is 12.6. The summed E-state index contributed by atoms with van der Waals surface area (Å²) in [7, 11) is 0. The molecule has 0 rings (SSSR count). The highest BCUT2D eigenvalue weighted by Crippen LogP contribution is 2.27. The number of rotatable bonds is 6. The Bertz CT molecular complexity index is 383. The van der Waals surface area contributed by atoms with E-state index >= 15 is 0 Å². The quantitative estimate of drug-likeness (QED) is 0.584. The molecule has 0 spiro atoms. The first-order valence-corrected chi connectivity index (χ1v) is 5.41. The van der Waals surface area contributed by atoms with Crippen LogP contribution in [-0.2, 0) is 4.79 Å². The highest BCUT2D eigenvalue weighted by Gasteiger charge is 2.34. The predicted molar refractivity (Wildman–Crippen MR) is 60.9 cm³/mol. The zero-order valence-electron chi connectivity index (χ0n) is 10.6. The van der Waals surface area contributed by atoms with Gasteiger partial charge in [-0.15, -0.1) is 0 Å². The smallest absolute Gasteiger partial charge is 0.346 e. The van der Waals surface area contributed by atoms with E-state index in [0.29, 0.717) is 0 Å². The third-order valence-corrected chi connectivity index (χ3v) is 2.20. The van der Waals surface area contributed by atoms with Gasteiger partial charge in [0.15, 0.2) is 0 Å². The van der Waals surface area contributed by atoms with E-state index in [1.807, 2.05) is 0 Å². The van der Waals surface area contributed by atoms with Crippen LogP contribution in [0.5, 0.6) is 0 Å². The van der Waals surface area contributed by atoms with Crippen molar-refractivity contribution >= 4 is 5.91 Å². The Kier molecular flexibility index (Phi) is 6.77. The second kappa shape index (κ2) is 7.32. The molecule has 0 aromatic heterocycles. The molecule has 0 aromatic rings. The van der Waals surface area contributed by atoms with Gasteiger partial charge in [0, 0.05) is 12.1 Å². The molecule has 0 aliphatic carbocycles. The van der Waals surface area contributed by atoms with Gasteiger partial charge in [-0.2, -0.15) is 26.3 Å². The number of carbonyl (C=O) groups is 1. The standard InChI is InChI=1S/C11H14F6N2O/c1-3-7(2)8(11(15,16)17)4-18-5-9(20)19-6-10(12,13)14/h3,18H,1,4-6H2,2H3,(H,19,20)/b8-7-. The highest BCUT2D eigenvalue weighted by molar-refractivity contribution is 5.78. The average molecular weight is 304 g/mol. The summed E-state index contributed by atoms with van der Waals surface area (Å²) in [5, 5.41) is 3.67. The zero-order chi connectivity index (χ0) is 16.0. The second-order valence-corrected chi connectivity index (χ2v) is 3.86. The number of carbonyl (C=O) groups excluding carboxylic acids is 1. The van der Waals surface area contributed by atoms with E-state index in [1.54, 1.807) is 0 Å². The molecule has 0 aliphatic heterocycles. The van der Waals surface area contributed by atoms with Crippen LogP contribution in [-0.4, -0.2) is 37.9 Å². The molecular formula is C11H14F6N2O.